The average molecular weight is 234 g/mol. The highest BCUT2D eigenvalue weighted by atomic mass is 16.5. The van der Waals surface area contributed by atoms with Crippen LogP contribution in [0.2, 0.25) is 0 Å². The van der Waals surface area contributed by atoms with Crippen LogP contribution in [0.4, 0.5) is 5.69 Å². The van der Waals surface area contributed by atoms with Crippen molar-refractivity contribution in [3.05, 3.63) is 23.8 Å². The monoisotopic (exact) mass is 234 g/mol. The lowest BCUT2D eigenvalue weighted by Crippen LogP contribution is -2.47. The number of anilines is 1. The van der Waals surface area contributed by atoms with Gasteiger partial charge in [-0.25, -0.2) is 0 Å². The van der Waals surface area contributed by atoms with Gasteiger partial charge in [-0.2, -0.15) is 0 Å². The van der Waals surface area contributed by atoms with Crippen molar-refractivity contribution in [2.24, 2.45) is 5.73 Å². The number of benzene rings is 1. The largest absolute Gasteiger partial charge is 0.486 e. The summed E-state index contributed by atoms with van der Waals surface area (Å²) >= 11 is 0. The van der Waals surface area contributed by atoms with E-state index in [-0.39, 0.29) is 6.10 Å². The predicted octanol–water partition coefficient (Wildman–Crippen LogP) is 2.32. The SMILES string of the molecule is CCC1CN(C(C)CN)c2cc(C)ccc2O1. The summed E-state index contributed by atoms with van der Waals surface area (Å²) in [7, 11) is 0. The number of hydrogen-bond acceptors (Lipinski definition) is 3. The van der Waals surface area contributed by atoms with Gasteiger partial charge in [0.05, 0.1) is 12.2 Å². The molecule has 17 heavy (non-hydrogen) atoms. The molecule has 0 amide bonds. The van der Waals surface area contributed by atoms with Gasteiger partial charge in [0.2, 0.25) is 0 Å². The predicted molar refractivity (Wildman–Crippen MR) is 71.7 cm³/mol. The van der Waals surface area contributed by atoms with Crippen molar-refractivity contribution in [3.8, 4) is 5.75 Å². The molecule has 2 N–H and O–H groups in total. The molecule has 94 valence electrons. The second-order valence-electron chi connectivity index (χ2n) is 4.86. The lowest BCUT2D eigenvalue weighted by molar-refractivity contribution is 0.185. The van der Waals surface area contributed by atoms with E-state index in [1.165, 1.54) is 11.3 Å². The van der Waals surface area contributed by atoms with E-state index in [0.29, 0.717) is 12.6 Å². The van der Waals surface area contributed by atoms with E-state index in [2.05, 4.69) is 43.9 Å². The molecule has 0 spiro atoms. The fraction of sp³-hybridized carbons (Fsp3) is 0.571. The molecule has 0 saturated carbocycles. The topological polar surface area (TPSA) is 38.5 Å². The average Bonchev–Trinajstić information content (AvgIpc) is 2.36. The highest BCUT2D eigenvalue weighted by molar-refractivity contribution is 5.62. The van der Waals surface area contributed by atoms with Crippen LogP contribution >= 0.6 is 0 Å². The Hall–Kier alpha value is -1.22. The minimum atomic E-state index is 0.277. The first-order valence-electron chi connectivity index (χ1n) is 6.39. The summed E-state index contributed by atoms with van der Waals surface area (Å²) in [5.41, 5.74) is 8.25. The highest BCUT2D eigenvalue weighted by Gasteiger charge is 2.27. The van der Waals surface area contributed by atoms with Crippen LogP contribution in [-0.4, -0.2) is 25.2 Å². The van der Waals surface area contributed by atoms with Crippen LogP contribution in [0.25, 0.3) is 0 Å². The van der Waals surface area contributed by atoms with Gasteiger partial charge in [0.15, 0.2) is 0 Å². The van der Waals surface area contributed by atoms with Crippen LogP contribution in [-0.2, 0) is 0 Å². The Morgan fingerprint density at radius 2 is 2.29 bits per heavy atom. The lowest BCUT2D eigenvalue weighted by Gasteiger charge is -2.39. The molecule has 3 nitrogen and oxygen atoms in total. The van der Waals surface area contributed by atoms with Crippen LogP contribution in [0.5, 0.6) is 5.75 Å². The molecule has 1 heterocycles. The van der Waals surface area contributed by atoms with Crippen LogP contribution in [0.1, 0.15) is 25.8 Å². The van der Waals surface area contributed by atoms with Crippen LogP contribution < -0.4 is 15.4 Å². The van der Waals surface area contributed by atoms with Crippen molar-refractivity contribution in [3.63, 3.8) is 0 Å². The third-order valence-electron chi connectivity index (χ3n) is 3.45. The van der Waals surface area contributed by atoms with E-state index in [1.54, 1.807) is 0 Å². The molecule has 2 atom stereocenters. The summed E-state index contributed by atoms with van der Waals surface area (Å²) in [6.07, 6.45) is 1.31. The van der Waals surface area contributed by atoms with E-state index in [0.717, 1.165) is 18.7 Å². The molecule has 0 radical (unpaired) electrons. The van der Waals surface area contributed by atoms with Crippen LogP contribution in [0, 0.1) is 6.92 Å². The maximum Gasteiger partial charge on any atom is 0.143 e. The summed E-state index contributed by atoms with van der Waals surface area (Å²) in [6, 6.07) is 6.71. The number of nitrogens with two attached hydrogens (primary N) is 1. The van der Waals surface area contributed by atoms with Crippen molar-refractivity contribution >= 4 is 5.69 Å². The van der Waals surface area contributed by atoms with Gasteiger partial charge in [-0.05, 0) is 38.0 Å². The molecular formula is C14H22N2O. The molecule has 1 aliphatic rings. The van der Waals surface area contributed by atoms with Gasteiger partial charge in [0, 0.05) is 12.6 Å². The fourth-order valence-corrected chi connectivity index (χ4v) is 2.24. The van der Waals surface area contributed by atoms with Crippen molar-refractivity contribution in [1.29, 1.82) is 0 Å². The molecule has 1 aromatic carbocycles. The normalized spacial score (nSPS) is 20.7. The standard InChI is InChI=1S/C14H22N2O/c1-4-12-9-16(11(3)8-15)13-7-10(2)5-6-14(13)17-12/h5-7,11-12H,4,8-9,15H2,1-3H3. The zero-order valence-corrected chi connectivity index (χ0v) is 10.9. The maximum absolute atomic E-state index is 5.98. The zero-order chi connectivity index (χ0) is 12.4. The number of aryl methyl sites for hydroxylation is 1. The van der Waals surface area contributed by atoms with Gasteiger partial charge >= 0.3 is 0 Å². The molecule has 1 aliphatic heterocycles. The first-order chi connectivity index (χ1) is 8.15. The Balaban J connectivity index is 2.37. The summed E-state index contributed by atoms with van der Waals surface area (Å²) in [6.45, 7) is 8.05. The number of nitrogens with zero attached hydrogens (tertiary/aromatic N) is 1. The highest BCUT2D eigenvalue weighted by Crippen LogP contribution is 2.35. The van der Waals surface area contributed by atoms with E-state index >= 15 is 0 Å². The second kappa shape index (κ2) is 4.96. The van der Waals surface area contributed by atoms with Crippen LogP contribution in [0.15, 0.2) is 18.2 Å². The Labute approximate surface area is 104 Å². The minimum absolute atomic E-state index is 0.277. The lowest BCUT2D eigenvalue weighted by atomic mass is 10.1. The Morgan fingerprint density at radius 3 is 2.94 bits per heavy atom. The first kappa shape index (κ1) is 12.2. The zero-order valence-electron chi connectivity index (χ0n) is 10.9. The van der Waals surface area contributed by atoms with Crippen molar-refractivity contribution in [1.82, 2.24) is 0 Å². The van der Waals surface area contributed by atoms with Crippen molar-refractivity contribution < 1.29 is 4.74 Å². The number of fused-ring (bicyclic) bond motifs is 1. The van der Waals surface area contributed by atoms with Gasteiger partial charge in [0.1, 0.15) is 11.9 Å². The summed E-state index contributed by atoms with van der Waals surface area (Å²) in [5.74, 6) is 0.994. The molecule has 2 unspecified atom stereocenters. The van der Waals surface area contributed by atoms with Gasteiger partial charge in [-0.3, -0.25) is 0 Å². The van der Waals surface area contributed by atoms with E-state index in [4.69, 9.17) is 10.5 Å². The number of rotatable bonds is 3. The number of ether oxygens (including phenoxy) is 1. The second-order valence-corrected chi connectivity index (χ2v) is 4.86. The number of hydrogen-bond donors (Lipinski definition) is 1. The quantitative estimate of drug-likeness (QED) is 0.872. The minimum Gasteiger partial charge on any atom is -0.486 e. The maximum atomic E-state index is 5.98. The van der Waals surface area contributed by atoms with Crippen molar-refractivity contribution in [2.75, 3.05) is 18.0 Å². The Bertz CT molecular complexity index is 392. The summed E-state index contributed by atoms with van der Waals surface area (Å²) in [5, 5.41) is 0. The Kier molecular flexibility index (Phi) is 3.57. The molecule has 3 heteroatoms. The molecule has 0 saturated heterocycles. The summed E-state index contributed by atoms with van der Waals surface area (Å²) < 4.78 is 5.98. The molecule has 2 rings (SSSR count). The summed E-state index contributed by atoms with van der Waals surface area (Å²) in [4.78, 5) is 2.38. The fourth-order valence-electron chi connectivity index (χ4n) is 2.24. The Morgan fingerprint density at radius 1 is 1.53 bits per heavy atom. The molecule has 0 bridgehead atoms. The molecular weight excluding hydrogens is 212 g/mol. The van der Waals surface area contributed by atoms with Gasteiger partial charge < -0.3 is 15.4 Å². The third kappa shape index (κ3) is 2.39. The van der Waals surface area contributed by atoms with Gasteiger partial charge in [0.25, 0.3) is 0 Å². The molecule has 0 aliphatic carbocycles. The molecule has 0 aromatic heterocycles. The van der Waals surface area contributed by atoms with Crippen molar-refractivity contribution in [2.45, 2.75) is 39.3 Å². The van der Waals surface area contributed by atoms with Gasteiger partial charge in [-0.1, -0.05) is 13.0 Å². The molecule has 1 aromatic rings. The molecule has 0 fully saturated rings. The first-order valence-corrected chi connectivity index (χ1v) is 6.39. The van der Waals surface area contributed by atoms with E-state index < -0.39 is 0 Å². The van der Waals surface area contributed by atoms with E-state index in [1.807, 2.05) is 0 Å². The van der Waals surface area contributed by atoms with E-state index in [9.17, 15) is 0 Å². The van der Waals surface area contributed by atoms with Crippen LogP contribution in [0.3, 0.4) is 0 Å². The van der Waals surface area contributed by atoms with Gasteiger partial charge in [-0.15, -0.1) is 0 Å². The smallest absolute Gasteiger partial charge is 0.143 e. The third-order valence-corrected chi connectivity index (χ3v) is 3.45.